The van der Waals surface area contributed by atoms with Gasteiger partial charge in [0.25, 0.3) is 0 Å². The number of aliphatic hydroxyl groups excluding tert-OH is 2. The minimum Gasteiger partial charge on any atom is -0.395 e. The van der Waals surface area contributed by atoms with Crippen LogP contribution in [0.15, 0.2) is 0 Å². The van der Waals surface area contributed by atoms with Gasteiger partial charge in [-0.2, -0.15) is 0 Å². The van der Waals surface area contributed by atoms with E-state index in [1.54, 1.807) is 0 Å². The molecule has 4 rings (SSSR count). The zero-order valence-corrected chi connectivity index (χ0v) is 18.2. The quantitative estimate of drug-likeness (QED) is 0.647. The van der Waals surface area contributed by atoms with Crippen molar-refractivity contribution < 1.29 is 15.3 Å². The molecule has 7 atom stereocenters. The fourth-order valence-corrected chi connectivity index (χ4v) is 8.59. The van der Waals surface area contributed by atoms with Crippen LogP contribution in [0.25, 0.3) is 0 Å². The van der Waals surface area contributed by atoms with Gasteiger partial charge in [0.1, 0.15) is 0 Å². The maximum atomic E-state index is 11.9. The van der Waals surface area contributed by atoms with E-state index in [4.69, 9.17) is 0 Å². The van der Waals surface area contributed by atoms with Crippen molar-refractivity contribution >= 4 is 0 Å². The largest absolute Gasteiger partial charge is 0.395 e. The SMILES string of the molecule is C[C@]12CCCC[C@H]1CC[C@H]1[C@H]2CC[C@@]2(C)[C@@H]1CC[C@@]2(O)CN(CCO)CCO. The highest BCUT2D eigenvalue weighted by molar-refractivity contribution is 5.14. The molecule has 4 fully saturated rings. The Bertz CT molecular complexity index is 550. The van der Waals surface area contributed by atoms with Crippen LogP contribution in [-0.2, 0) is 0 Å². The Kier molecular flexibility index (Phi) is 5.90. The normalized spacial score (nSPS) is 48.2. The second-order valence-corrected chi connectivity index (χ2v) is 11.2. The summed E-state index contributed by atoms with van der Waals surface area (Å²) in [6.07, 6.45) is 13.0. The summed E-state index contributed by atoms with van der Waals surface area (Å²) in [4.78, 5) is 2.07. The second kappa shape index (κ2) is 7.83. The van der Waals surface area contributed by atoms with Crippen molar-refractivity contribution in [2.45, 2.75) is 83.7 Å². The average Bonchev–Trinajstić information content (AvgIpc) is 2.93. The molecule has 0 spiro atoms. The molecule has 28 heavy (non-hydrogen) atoms. The molecule has 0 unspecified atom stereocenters. The van der Waals surface area contributed by atoms with Crippen LogP contribution in [0.5, 0.6) is 0 Å². The smallest absolute Gasteiger partial charge is 0.0830 e. The lowest BCUT2D eigenvalue weighted by Crippen LogP contribution is -2.59. The minimum absolute atomic E-state index is 0.0187. The van der Waals surface area contributed by atoms with Crippen molar-refractivity contribution in [1.29, 1.82) is 0 Å². The third kappa shape index (κ3) is 3.18. The van der Waals surface area contributed by atoms with Crippen molar-refractivity contribution in [3.63, 3.8) is 0 Å². The van der Waals surface area contributed by atoms with Gasteiger partial charge in [0.2, 0.25) is 0 Å². The van der Waals surface area contributed by atoms with E-state index in [1.165, 1.54) is 44.9 Å². The molecular formula is C24H43NO3. The van der Waals surface area contributed by atoms with Crippen LogP contribution >= 0.6 is 0 Å². The van der Waals surface area contributed by atoms with Gasteiger partial charge >= 0.3 is 0 Å². The first-order valence-electron chi connectivity index (χ1n) is 12.0. The van der Waals surface area contributed by atoms with Gasteiger partial charge in [-0.3, -0.25) is 4.90 Å². The maximum absolute atomic E-state index is 11.9. The highest BCUT2D eigenvalue weighted by atomic mass is 16.3. The van der Waals surface area contributed by atoms with E-state index in [2.05, 4.69) is 18.7 Å². The molecule has 0 saturated heterocycles. The summed E-state index contributed by atoms with van der Waals surface area (Å²) in [5.41, 5.74) is -0.157. The highest BCUT2D eigenvalue weighted by Gasteiger charge is 2.64. The first-order valence-corrected chi connectivity index (χ1v) is 12.0. The number of rotatable bonds is 6. The highest BCUT2D eigenvalue weighted by Crippen LogP contribution is 2.68. The van der Waals surface area contributed by atoms with Gasteiger partial charge in [0.05, 0.1) is 18.8 Å². The van der Waals surface area contributed by atoms with E-state index in [9.17, 15) is 15.3 Å². The molecule has 162 valence electrons. The number of nitrogens with zero attached hydrogens (tertiary/aromatic N) is 1. The molecule has 4 heteroatoms. The summed E-state index contributed by atoms with van der Waals surface area (Å²) < 4.78 is 0. The molecular weight excluding hydrogens is 350 g/mol. The Labute approximate surface area is 171 Å². The number of hydrogen-bond donors (Lipinski definition) is 3. The maximum Gasteiger partial charge on any atom is 0.0830 e. The number of hydrogen-bond acceptors (Lipinski definition) is 4. The van der Waals surface area contributed by atoms with E-state index in [1.807, 2.05) is 0 Å². The molecule has 0 heterocycles. The Morgan fingerprint density at radius 3 is 2.25 bits per heavy atom. The standard InChI is InChI=1S/C24H43NO3/c1-22-10-4-3-5-18(22)6-7-19-20(22)8-11-23(2)21(19)9-12-24(23,28)17-25(13-15-26)14-16-27/h18-21,26-28H,3-17H2,1-2H3/t18-,19-,20+,21+,22-,23-,24+/m0/s1. The van der Waals surface area contributed by atoms with E-state index >= 15 is 0 Å². The first-order chi connectivity index (χ1) is 13.4. The topological polar surface area (TPSA) is 63.9 Å². The molecule has 0 aliphatic heterocycles. The molecule has 0 amide bonds. The van der Waals surface area contributed by atoms with Gasteiger partial charge in [-0.1, -0.05) is 26.7 Å². The van der Waals surface area contributed by atoms with Gasteiger partial charge in [0.15, 0.2) is 0 Å². The molecule has 0 aromatic carbocycles. The second-order valence-electron chi connectivity index (χ2n) is 11.2. The van der Waals surface area contributed by atoms with Crippen molar-refractivity contribution in [1.82, 2.24) is 4.90 Å². The lowest BCUT2D eigenvalue weighted by Gasteiger charge is -2.61. The van der Waals surface area contributed by atoms with E-state index in [0.717, 1.165) is 37.0 Å². The fourth-order valence-electron chi connectivity index (χ4n) is 8.59. The lowest BCUT2D eigenvalue weighted by atomic mass is 9.44. The summed E-state index contributed by atoms with van der Waals surface area (Å²) >= 11 is 0. The fraction of sp³-hybridized carbons (Fsp3) is 1.00. The predicted octanol–water partition coefficient (Wildman–Crippen LogP) is 3.44. The summed E-state index contributed by atoms with van der Waals surface area (Å²) in [6.45, 7) is 6.82. The van der Waals surface area contributed by atoms with Gasteiger partial charge in [-0.15, -0.1) is 0 Å². The van der Waals surface area contributed by atoms with Crippen molar-refractivity contribution in [3.8, 4) is 0 Å². The minimum atomic E-state index is -0.683. The van der Waals surface area contributed by atoms with Gasteiger partial charge in [0, 0.05) is 25.0 Å². The van der Waals surface area contributed by atoms with E-state index < -0.39 is 5.60 Å². The number of aliphatic hydroxyl groups is 3. The summed E-state index contributed by atoms with van der Waals surface area (Å²) in [5, 5.41) is 30.7. The Balaban J connectivity index is 1.54. The Hall–Kier alpha value is -0.160. The molecule has 0 aromatic rings. The van der Waals surface area contributed by atoms with Crippen LogP contribution in [0.3, 0.4) is 0 Å². The van der Waals surface area contributed by atoms with E-state index in [0.29, 0.717) is 31.0 Å². The third-order valence-corrected chi connectivity index (χ3v) is 10.2. The van der Waals surface area contributed by atoms with Crippen molar-refractivity contribution in [2.24, 2.45) is 34.5 Å². The monoisotopic (exact) mass is 393 g/mol. The molecule has 3 N–H and O–H groups in total. The third-order valence-electron chi connectivity index (χ3n) is 10.2. The Morgan fingerprint density at radius 1 is 0.821 bits per heavy atom. The molecule has 4 aliphatic rings. The van der Waals surface area contributed by atoms with Crippen LogP contribution in [0.2, 0.25) is 0 Å². The Morgan fingerprint density at radius 2 is 1.54 bits per heavy atom. The molecule has 0 bridgehead atoms. The van der Waals surface area contributed by atoms with Gasteiger partial charge in [-0.05, 0) is 80.5 Å². The van der Waals surface area contributed by atoms with Crippen LogP contribution < -0.4 is 0 Å². The number of fused-ring (bicyclic) bond motifs is 5. The van der Waals surface area contributed by atoms with Crippen LogP contribution in [0.1, 0.15) is 78.1 Å². The van der Waals surface area contributed by atoms with Gasteiger partial charge in [-0.25, -0.2) is 0 Å². The molecule has 4 nitrogen and oxygen atoms in total. The summed E-state index contributed by atoms with van der Waals surface area (Å²) in [7, 11) is 0. The molecule has 0 radical (unpaired) electrons. The summed E-state index contributed by atoms with van der Waals surface area (Å²) in [6, 6.07) is 0. The molecule has 4 aliphatic carbocycles. The lowest BCUT2D eigenvalue weighted by molar-refractivity contribution is -0.158. The zero-order chi connectivity index (χ0) is 20.0. The predicted molar refractivity (Wildman–Crippen MR) is 112 cm³/mol. The van der Waals surface area contributed by atoms with Crippen molar-refractivity contribution in [3.05, 3.63) is 0 Å². The van der Waals surface area contributed by atoms with Crippen molar-refractivity contribution in [2.75, 3.05) is 32.8 Å². The van der Waals surface area contributed by atoms with Crippen LogP contribution in [0.4, 0.5) is 0 Å². The molecule has 0 aromatic heterocycles. The van der Waals surface area contributed by atoms with Crippen LogP contribution in [-0.4, -0.2) is 58.7 Å². The van der Waals surface area contributed by atoms with E-state index in [-0.39, 0.29) is 18.6 Å². The zero-order valence-electron chi connectivity index (χ0n) is 18.2. The van der Waals surface area contributed by atoms with Crippen LogP contribution in [0, 0.1) is 34.5 Å². The van der Waals surface area contributed by atoms with Gasteiger partial charge < -0.3 is 15.3 Å². The molecule has 4 saturated carbocycles. The average molecular weight is 394 g/mol. The summed E-state index contributed by atoms with van der Waals surface area (Å²) in [5.74, 6) is 3.23. The first kappa shape index (κ1) is 21.1.